The topological polar surface area (TPSA) is 54.4 Å². The molecule has 1 aliphatic rings. The lowest BCUT2D eigenvalue weighted by molar-refractivity contribution is 0.146. The zero-order valence-electron chi connectivity index (χ0n) is 10.2. The Morgan fingerprint density at radius 2 is 1.81 bits per heavy atom. The minimum absolute atomic E-state index is 0.110. The van der Waals surface area contributed by atoms with E-state index in [2.05, 4.69) is 0 Å². The fraction of sp³-hybridized carbons (Fsp3) is 1.00. The number of aliphatic hydroxyl groups is 1. The zero-order valence-corrected chi connectivity index (χ0v) is 11.0. The van der Waals surface area contributed by atoms with Crippen molar-refractivity contribution in [3.8, 4) is 0 Å². The fourth-order valence-corrected chi connectivity index (χ4v) is 3.10. The van der Waals surface area contributed by atoms with Crippen LogP contribution in [-0.4, -0.2) is 31.6 Å². The summed E-state index contributed by atoms with van der Waals surface area (Å²) < 4.78 is 21.9. The Morgan fingerprint density at radius 3 is 2.38 bits per heavy atom. The molecule has 1 saturated carbocycles. The van der Waals surface area contributed by atoms with Gasteiger partial charge in [-0.25, -0.2) is 8.42 Å². The van der Waals surface area contributed by atoms with E-state index in [1.165, 1.54) is 38.4 Å². The second-order valence-electron chi connectivity index (χ2n) is 5.15. The summed E-state index contributed by atoms with van der Waals surface area (Å²) in [5.74, 6) is 0.875. The van der Waals surface area contributed by atoms with Crippen LogP contribution in [0.3, 0.4) is 0 Å². The molecule has 0 bridgehead atoms. The number of hydrogen-bond donors (Lipinski definition) is 1. The summed E-state index contributed by atoms with van der Waals surface area (Å²) in [6, 6.07) is 0. The first-order valence-corrected chi connectivity index (χ1v) is 8.39. The minimum atomic E-state index is -2.92. The number of sulfone groups is 1. The van der Waals surface area contributed by atoms with Crippen molar-refractivity contribution in [3.63, 3.8) is 0 Å². The Labute approximate surface area is 99.2 Å². The largest absolute Gasteiger partial charge is 0.393 e. The standard InChI is InChI=1S/C12H24O3S/c1-16(14,15)10-9-12(13)8-7-11-5-3-2-4-6-11/h11-13H,2-10H2,1H3. The maximum absolute atomic E-state index is 10.9. The summed E-state index contributed by atoms with van der Waals surface area (Å²) in [7, 11) is -2.92. The van der Waals surface area contributed by atoms with Crippen LogP contribution in [-0.2, 0) is 9.84 Å². The van der Waals surface area contributed by atoms with E-state index in [9.17, 15) is 13.5 Å². The molecule has 0 spiro atoms. The predicted octanol–water partition coefficient (Wildman–Crippen LogP) is 2.14. The van der Waals surface area contributed by atoms with E-state index in [0.29, 0.717) is 6.42 Å². The van der Waals surface area contributed by atoms with Gasteiger partial charge in [0, 0.05) is 6.26 Å². The van der Waals surface area contributed by atoms with E-state index in [0.717, 1.165) is 18.8 Å². The Kier molecular flexibility index (Phi) is 5.76. The van der Waals surface area contributed by atoms with E-state index in [4.69, 9.17) is 0 Å². The molecule has 0 aromatic heterocycles. The summed E-state index contributed by atoms with van der Waals surface area (Å²) in [5, 5.41) is 9.68. The van der Waals surface area contributed by atoms with Crippen molar-refractivity contribution < 1.29 is 13.5 Å². The smallest absolute Gasteiger partial charge is 0.147 e. The molecule has 0 amide bonds. The molecule has 1 aliphatic carbocycles. The molecule has 0 aromatic rings. The van der Waals surface area contributed by atoms with Gasteiger partial charge < -0.3 is 5.11 Å². The molecule has 0 aromatic carbocycles. The molecule has 1 N–H and O–H groups in total. The van der Waals surface area contributed by atoms with Gasteiger partial charge in [-0.05, 0) is 25.2 Å². The maximum Gasteiger partial charge on any atom is 0.147 e. The van der Waals surface area contributed by atoms with Crippen LogP contribution < -0.4 is 0 Å². The Hall–Kier alpha value is -0.0900. The molecule has 4 heteroatoms. The molecule has 1 rings (SSSR count). The van der Waals surface area contributed by atoms with Crippen LogP contribution in [0.15, 0.2) is 0 Å². The summed E-state index contributed by atoms with van der Waals surface area (Å²) >= 11 is 0. The summed E-state index contributed by atoms with van der Waals surface area (Å²) in [5.41, 5.74) is 0. The van der Waals surface area contributed by atoms with Gasteiger partial charge in [0.05, 0.1) is 11.9 Å². The van der Waals surface area contributed by atoms with Gasteiger partial charge >= 0.3 is 0 Å². The van der Waals surface area contributed by atoms with Crippen LogP contribution in [0.4, 0.5) is 0 Å². The summed E-state index contributed by atoms with van der Waals surface area (Å²) in [6.07, 6.45) is 9.59. The van der Waals surface area contributed by atoms with Crippen molar-refractivity contribution in [1.29, 1.82) is 0 Å². The number of hydrogen-bond acceptors (Lipinski definition) is 3. The average Bonchev–Trinajstić information content (AvgIpc) is 2.24. The molecule has 3 nitrogen and oxygen atoms in total. The predicted molar refractivity (Wildman–Crippen MR) is 66.1 cm³/mol. The third kappa shape index (κ3) is 6.48. The van der Waals surface area contributed by atoms with Gasteiger partial charge in [-0.1, -0.05) is 32.1 Å². The Bertz CT molecular complexity index is 279. The van der Waals surface area contributed by atoms with Crippen LogP contribution in [0.25, 0.3) is 0 Å². The quantitative estimate of drug-likeness (QED) is 0.783. The minimum Gasteiger partial charge on any atom is -0.393 e. The van der Waals surface area contributed by atoms with E-state index in [-0.39, 0.29) is 5.75 Å². The lowest BCUT2D eigenvalue weighted by Crippen LogP contribution is -2.16. The SMILES string of the molecule is CS(=O)(=O)CCC(O)CCC1CCCCC1. The van der Waals surface area contributed by atoms with Crippen molar-refractivity contribution >= 4 is 9.84 Å². The van der Waals surface area contributed by atoms with Crippen LogP contribution in [0.2, 0.25) is 0 Å². The van der Waals surface area contributed by atoms with Gasteiger partial charge in [-0.2, -0.15) is 0 Å². The van der Waals surface area contributed by atoms with Gasteiger partial charge in [-0.15, -0.1) is 0 Å². The highest BCUT2D eigenvalue weighted by molar-refractivity contribution is 7.90. The van der Waals surface area contributed by atoms with Crippen molar-refractivity contribution in [2.24, 2.45) is 5.92 Å². The molecule has 1 unspecified atom stereocenters. The van der Waals surface area contributed by atoms with Crippen molar-refractivity contribution in [2.45, 2.75) is 57.5 Å². The zero-order chi connectivity index (χ0) is 12.0. The Morgan fingerprint density at radius 1 is 1.19 bits per heavy atom. The maximum atomic E-state index is 10.9. The van der Waals surface area contributed by atoms with Crippen molar-refractivity contribution in [2.75, 3.05) is 12.0 Å². The second kappa shape index (κ2) is 6.60. The molecule has 1 fully saturated rings. The molecule has 0 aliphatic heterocycles. The van der Waals surface area contributed by atoms with Gasteiger partial charge in [0.15, 0.2) is 0 Å². The highest BCUT2D eigenvalue weighted by Crippen LogP contribution is 2.27. The number of rotatable bonds is 6. The van der Waals surface area contributed by atoms with Gasteiger partial charge in [0.2, 0.25) is 0 Å². The van der Waals surface area contributed by atoms with Crippen molar-refractivity contribution in [3.05, 3.63) is 0 Å². The third-order valence-corrected chi connectivity index (χ3v) is 4.43. The van der Waals surface area contributed by atoms with Crippen LogP contribution >= 0.6 is 0 Å². The Balaban J connectivity index is 2.11. The number of aliphatic hydroxyl groups excluding tert-OH is 1. The molecule has 0 heterocycles. The first-order valence-electron chi connectivity index (χ1n) is 6.33. The van der Waals surface area contributed by atoms with Gasteiger partial charge in [0.1, 0.15) is 9.84 Å². The van der Waals surface area contributed by atoms with E-state index >= 15 is 0 Å². The second-order valence-corrected chi connectivity index (χ2v) is 7.41. The molecule has 96 valence electrons. The van der Waals surface area contributed by atoms with Crippen molar-refractivity contribution in [1.82, 2.24) is 0 Å². The molecular weight excluding hydrogens is 224 g/mol. The molecular formula is C12H24O3S. The monoisotopic (exact) mass is 248 g/mol. The fourth-order valence-electron chi connectivity index (χ4n) is 2.40. The highest BCUT2D eigenvalue weighted by atomic mass is 32.2. The first kappa shape index (κ1) is 14.0. The summed E-state index contributed by atoms with van der Waals surface area (Å²) in [6.45, 7) is 0. The average molecular weight is 248 g/mol. The van der Waals surface area contributed by atoms with Crippen LogP contribution in [0.1, 0.15) is 51.4 Å². The van der Waals surface area contributed by atoms with Gasteiger partial charge in [-0.3, -0.25) is 0 Å². The molecule has 0 saturated heterocycles. The molecule has 16 heavy (non-hydrogen) atoms. The molecule has 0 radical (unpaired) electrons. The third-order valence-electron chi connectivity index (χ3n) is 3.45. The summed E-state index contributed by atoms with van der Waals surface area (Å²) in [4.78, 5) is 0. The lowest BCUT2D eigenvalue weighted by atomic mass is 9.85. The van der Waals surface area contributed by atoms with Crippen LogP contribution in [0.5, 0.6) is 0 Å². The normalized spacial score (nSPS) is 20.9. The first-order chi connectivity index (χ1) is 7.47. The van der Waals surface area contributed by atoms with E-state index in [1.807, 2.05) is 0 Å². The van der Waals surface area contributed by atoms with E-state index < -0.39 is 15.9 Å². The van der Waals surface area contributed by atoms with Crippen LogP contribution in [0, 0.1) is 5.92 Å². The van der Waals surface area contributed by atoms with Gasteiger partial charge in [0.25, 0.3) is 0 Å². The van der Waals surface area contributed by atoms with E-state index in [1.54, 1.807) is 0 Å². The lowest BCUT2D eigenvalue weighted by Gasteiger charge is -2.22. The molecule has 1 atom stereocenters. The highest BCUT2D eigenvalue weighted by Gasteiger charge is 2.16.